The van der Waals surface area contributed by atoms with Crippen molar-refractivity contribution in [1.82, 2.24) is 15.3 Å². The number of amides is 1. The van der Waals surface area contributed by atoms with Crippen LogP contribution in [0, 0.1) is 24.7 Å². The van der Waals surface area contributed by atoms with Crippen LogP contribution in [0.1, 0.15) is 36.0 Å². The summed E-state index contributed by atoms with van der Waals surface area (Å²) >= 11 is 0. The number of aromatic nitrogens is 2. The van der Waals surface area contributed by atoms with Gasteiger partial charge in [-0.25, -0.2) is 9.97 Å². The number of hydrogen-bond donors (Lipinski definition) is 1. The van der Waals surface area contributed by atoms with E-state index in [4.69, 9.17) is 0 Å². The van der Waals surface area contributed by atoms with E-state index < -0.39 is 0 Å². The highest BCUT2D eigenvalue weighted by Gasteiger charge is 2.35. The molecule has 1 atom stereocenters. The molecule has 0 aliphatic heterocycles. The van der Waals surface area contributed by atoms with Crippen LogP contribution < -0.4 is 5.32 Å². The Morgan fingerprint density at radius 1 is 1.27 bits per heavy atom. The van der Waals surface area contributed by atoms with Gasteiger partial charge in [-0.2, -0.15) is 0 Å². The Kier molecular flexibility index (Phi) is 4.15. The quantitative estimate of drug-likeness (QED) is 0.884. The fourth-order valence-corrected chi connectivity index (χ4v) is 2.27. The van der Waals surface area contributed by atoms with Gasteiger partial charge < -0.3 is 5.32 Å². The van der Waals surface area contributed by atoms with Gasteiger partial charge in [0.05, 0.1) is 6.04 Å². The average molecular weight is 291 g/mol. The van der Waals surface area contributed by atoms with Gasteiger partial charge in [-0.1, -0.05) is 24.1 Å². The van der Waals surface area contributed by atoms with Crippen LogP contribution in [0.4, 0.5) is 0 Å². The second-order valence-corrected chi connectivity index (χ2v) is 5.46. The topological polar surface area (TPSA) is 54.9 Å². The van der Waals surface area contributed by atoms with Crippen LogP contribution >= 0.6 is 0 Å². The predicted molar refractivity (Wildman–Crippen MR) is 83.7 cm³/mol. The SMILES string of the molecule is Cc1ccnc([C@H](NC(=O)C#Cc2ccccc2)C2CC2)n1. The number of carbonyl (C=O) groups is 1. The molecule has 1 fully saturated rings. The molecule has 3 rings (SSSR count). The molecule has 2 aromatic rings. The van der Waals surface area contributed by atoms with Crippen LogP contribution in [-0.4, -0.2) is 15.9 Å². The Morgan fingerprint density at radius 2 is 2.05 bits per heavy atom. The Hall–Kier alpha value is -2.67. The lowest BCUT2D eigenvalue weighted by Gasteiger charge is -2.15. The summed E-state index contributed by atoms with van der Waals surface area (Å²) in [5.74, 6) is 6.32. The van der Waals surface area contributed by atoms with Gasteiger partial charge in [0.25, 0.3) is 5.91 Å². The number of hydrogen-bond acceptors (Lipinski definition) is 3. The van der Waals surface area contributed by atoms with Crippen LogP contribution in [0.15, 0.2) is 42.6 Å². The maximum atomic E-state index is 12.1. The zero-order valence-electron chi connectivity index (χ0n) is 12.4. The Bertz CT molecular complexity index is 727. The van der Waals surface area contributed by atoms with Gasteiger partial charge in [0.15, 0.2) is 5.82 Å². The van der Waals surface area contributed by atoms with Crippen LogP contribution in [0.25, 0.3) is 0 Å². The molecule has 1 amide bonds. The molecule has 4 heteroatoms. The predicted octanol–water partition coefficient (Wildman–Crippen LogP) is 2.40. The first-order valence-electron chi connectivity index (χ1n) is 7.39. The molecule has 1 heterocycles. The molecule has 1 aromatic heterocycles. The maximum Gasteiger partial charge on any atom is 0.296 e. The number of nitrogens with zero attached hydrogens (tertiary/aromatic N) is 2. The minimum absolute atomic E-state index is 0.141. The summed E-state index contributed by atoms with van der Waals surface area (Å²) in [7, 11) is 0. The minimum Gasteiger partial charge on any atom is -0.335 e. The smallest absolute Gasteiger partial charge is 0.296 e. The third-order valence-electron chi connectivity index (χ3n) is 3.57. The fourth-order valence-electron chi connectivity index (χ4n) is 2.27. The summed E-state index contributed by atoms with van der Waals surface area (Å²) in [4.78, 5) is 20.8. The summed E-state index contributed by atoms with van der Waals surface area (Å²) in [6.07, 6.45) is 3.91. The van der Waals surface area contributed by atoms with Gasteiger partial charge in [0.2, 0.25) is 0 Å². The van der Waals surface area contributed by atoms with E-state index in [0.29, 0.717) is 11.7 Å². The van der Waals surface area contributed by atoms with Gasteiger partial charge in [-0.05, 0) is 43.9 Å². The fraction of sp³-hybridized carbons (Fsp3) is 0.278. The summed E-state index contributed by atoms with van der Waals surface area (Å²) in [6.45, 7) is 1.92. The van der Waals surface area contributed by atoms with Crippen molar-refractivity contribution in [3.63, 3.8) is 0 Å². The van der Waals surface area contributed by atoms with Crippen molar-refractivity contribution in [3.8, 4) is 11.8 Å². The Labute approximate surface area is 130 Å². The van der Waals surface area contributed by atoms with Crippen LogP contribution in [-0.2, 0) is 4.79 Å². The van der Waals surface area contributed by atoms with Crippen molar-refractivity contribution >= 4 is 5.91 Å². The van der Waals surface area contributed by atoms with Crippen molar-refractivity contribution in [2.75, 3.05) is 0 Å². The number of carbonyl (C=O) groups excluding carboxylic acids is 1. The first-order chi connectivity index (χ1) is 10.7. The third-order valence-corrected chi connectivity index (χ3v) is 3.57. The molecule has 1 aromatic carbocycles. The lowest BCUT2D eigenvalue weighted by Crippen LogP contribution is -2.30. The molecule has 1 aliphatic rings. The van der Waals surface area contributed by atoms with Gasteiger partial charge in [0.1, 0.15) is 0 Å². The normalized spacial score (nSPS) is 14.6. The van der Waals surface area contributed by atoms with E-state index in [2.05, 4.69) is 27.1 Å². The monoisotopic (exact) mass is 291 g/mol. The van der Waals surface area contributed by atoms with E-state index in [1.54, 1.807) is 6.20 Å². The van der Waals surface area contributed by atoms with Crippen molar-refractivity contribution < 1.29 is 4.79 Å². The van der Waals surface area contributed by atoms with Crippen molar-refractivity contribution in [2.45, 2.75) is 25.8 Å². The summed E-state index contributed by atoms with van der Waals surface area (Å²) < 4.78 is 0. The van der Waals surface area contributed by atoms with Crippen LogP contribution in [0.3, 0.4) is 0 Å². The zero-order chi connectivity index (χ0) is 15.4. The van der Waals surface area contributed by atoms with E-state index in [9.17, 15) is 4.79 Å². The molecular formula is C18H17N3O. The van der Waals surface area contributed by atoms with Crippen molar-refractivity contribution in [3.05, 3.63) is 59.7 Å². The number of benzene rings is 1. The van der Waals surface area contributed by atoms with Crippen molar-refractivity contribution in [2.24, 2.45) is 5.92 Å². The number of rotatable bonds is 3. The second-order valence-electron chi connectivity index (χ2n) is 5.46. The first kappa shape index (κ1) is 14.3. The Balaban J connectivity index is 1.72. The van der Waals surface area contributed by atoms with E-state index in [-0.39, 0.29) is 11.9 Å². The number of aryl methyl sites for hydroxylation is 1. The van der Waals surface area contributed by atoms with E-state index in [0.717, 1.165) is 24.1 Å². The molecule has 0 unspecified atom stereocenters. The molecule has 0 spiro atoms. The van der Waals surface area contributed by atoms with Crippen molar-refractivity contribution in [1.29, 1.82) is 0 Å². The zero-order valence-corrected chi connectivity index (χ0v) is 12.4. The van der Waals surface area contributed by atoms with E-state index in [1.807, 2.05) is 43.3 Å². The highest BCUT2D eigenvalue weighted by atomic mass is 16.1. The molecule has 110 valence electrons. The lowest BCUT2D eigenvalue weighted by atomic mass is 10.1. The molecule has 22 heavy (non-hydrogen) atoms. The number of nitrogens with one attached hydrogen (secondary N) is 1. The van der Waals surface area contributed by atoms with Gasteiger partial charge >= 0.3 is 0 Å². The molecule has 1 aliphatic carbocycles. The molecule has 0 saturated heterocycles. The average Bonchev–Trinajstić information content (AvgIpc) is 3.36. The highest BCUT2D eigenvalue weighted by molar-refractivity contribution is 5.94. The third kappa shape index (κ3) is 3.70. The summed E-state index contributed by atoms with van der Waals surface area (Å²) in [5, 5.41) is 2.96. The standard InChI is InChI=1S/C18H17N3O/c1-13-11-12-19-18(20-13)17(15-8-9-15)21-16(22)10-7-14-5-3-2-4-6-14/h2-6,11-12,15,17H,8-9H2,1H3,(H,21,22)/t17-/m1/s1. The summed E-state index contributed by atoms with van der Waals surface area (Å²) in [5.41, 5.74) is 1.73. The van der Waals surface area contributed by atoms with Crippen LogP contribution in [0.2, 0.25) is 0 Å². The minimum atomic E-state index is -0.286. The molecule has 0 radical (unpaired) electrons. The first-order valence-corrected chi connectivity index (χ1v) is 7.39. The maximum absolute atomic E-state index is 12.1. The van der Waals surface area contributed by atoms with Gasteiger partial charge in [0, 0.05) is 23.4 Å². The largest absolute Gasteiger partial charge is 0.335 e. The Morgan fingerprint density at radius 3 is 2.73 bits per heavy atom. The van der Waals surface area contributed by atoms with Gasteiger partial charge in [-0.3, -0.25) is 4.79 Å². The van der Waals surface area contributed by atoms with Gasteiger partial charge in [-0.15, -0.1) is 0 Å². The van der Waals surface area contributed by atoms with E-state index in [1.165, 1.54) is 0 Å². The highest BCUT2D eigenvalue weighted by Crippen LogP contribution is 2.39. The summed E-state index contributed by atoms with van der Waals surface area (Å²) in [6, 6.07) is 11.2. The second kappa shape index (κ2) is 6.40. The van der Waals surface area contributed by atoms with E-state index >= 15 is 0 Å². The lowest BCUT2D eigenvalue weighted by molar-refractivity contribution is -0.116. The molecule has 4 nitrogen and oxygen atoms in total. The molecule has 0 bridgehead atoms. The van der Waals surface area contributed by atoms with Crippen LogP contribution in [0.5, 0.6) is 0 Å². The molecular weight excluding hydrogens is 274 g/mol. The molecule has 1 N–H and O–H groups in total. The molecule has 1 saturated carbocycles.